The van der Waals surface area contributed by atoms with Gasteiger partial charge in [0.1, 0.15) is 5.82 Å². The SMILES string of the molecule is CC(C)(O)CNc1ccc(-c2nc(C(Cc3ccc(-c4cnc(N)nc4)cc3)C3CC3)no2)cn1. The smallest absolute Gasteiger partial charge is 0.259 e. The average Bonchev–Trinajstić information content (AvgIpc) is 3.58. The Morgan fingerprint density at radius 3 is 2.31 bits per heavy atom. The van der Waals surface area contributed by atoms with Crippen molar-refractivity contribution in [3.8, 4) is 22.6 Å². The molecule has 1 aromatic carbocycles. The van der Waals surface area contributed by atoms with Crippen molar-refractivity contribution in [2.75, 3.05) is 17.6 Å². The molecule has 1 fully saturated rings. The number of nitrogens with zero attached hydrogens (tertiary/aromatic N) is 5. The first-order valence-corrected chi connectivity index (χ1v) is 11.8. The summed E-state index contributed by atoms with van der Waals surface area (Å²) in [4.78, 5) is 17.3. The molecule has 9 nitrogen and oxygen atoms in total. The van der Waals surface area contributed by atoms with Crippen LogP contribution in [0.2, 0.25) is 0 Å². The highest BCUT2D eigenvalue weighted by molar-refractivity contribution is 5.62. The lowest BCUT2D eigenvalue weighted by molar-refractivity contribution is 0.0944. The Bertz CT molecular complexity index is 1260. The van der Waals surface area contributed by atoms with Crippen LogP contribution in [0.4, 0.5) is 11.8 Å². The molecule has 1 aliphatic rings. The molecule has 3 heterocycles. The van der Waals surface area contributed by atoms with Gasteiger partial charge in [0, 0.05) is 36.6 Å². The number of pyridine rings is 1. The minimum atomic E-state index is -0.815. The number of hydrogen-bond donors (Lipinski definition) is 3. The summed E-state index contributed by atoms with van der Waals surface area (Å²) in [6.45, 7) is 3.89. The lowest BCUT2D eigenvalue weighted by Crippen LogP contribution is -2.29. The Morgan fingerprint density at radius 2 is 1.69 bits per heavy atom. The normalized spacial score (nSPS) is 14.6. The number of hydrogen-bond acceptors (Lipinski definition) is 9. The molecule has 4 aromatic rings. The van der Waals surface area contributed by atoms with Crippen molar-refractivity contribution in [1.29, 1.82) is 0 Å². The van der Waals surface area contributed by atoms with E-state index < -0.39 is 5.60 Å². The molecule has 35 heavy (non-hydrogen) atoms. The van der Waals surface area contributed by atoms with Gasteiger partial charge in [-0.05, 0) is 62.3 Å². The minimum Gasteiger partial charge on any atom is -0.389 e. The highest BCUT2D eigenvalue weighted by Crippen LogP contribution is 2.44. The molecule has 1 unspecified atom stereocenters. The van der Waals surface area contributed by atoms with E-state index >= 15 is 0 Å². The Balaban J connectivity index is 1.27. The predicted octanol–water partition coefficient (Wildman–Crippen LogP) is 4.09. The van der Waals surface area contributed by atoms with E-state index in [0.717, 1.165) is 28.9 Å². The first-order chi connectivity index (χ1) is 16.8. The van der Waals surface area contributed by atoms with Crippen molar-refractivity contribution in [3.05, 3.63) is 66.4 Å². The molecular formula is C26H29N7O2. The molecule has 1 atom stereocenters. The highest BCUT2D eigenvalue weighted by atomic mass is 16.5. The zero-order valence-electron chi connectivity index (χ0n) is 19.8. The van der Waals surface area contributed by atoms with Crippen molar-refractivity contribution in [2.24, 2.45) is 5.92 Å². The van der Waals surface area contributed by atoms with E-state index in [4.69, 9.17) is 15.2 Å². The van der Waals surface area contributed by atoms with Gasteiger partial charge in [0.05, 0.1) is 11.2 Å². The number of nitrogens with two attached hydrogens (primary N) is 1. The summed E-state index contributed by atoms with van der Waals surface area (Å²) >= 11 is 0. The lowest BCUT2D eigenvalue weighted by Gasteiger charge is -2.17. The van der Waals surface area contributed by atoms with Gasteiger partial charge in [0.25, 0.3) is 5.89 Å². The van der Waals surface area contributed by atoms with E-state index in [2.05, 4.69) is 49.7 Å². The molecule has 0 bridgehead atoms. The summed E-state index contributed by atoms with van der Waals surface area (Å²) < 4.78 is 5.60. The van der Waals surface area contributed by atoms with E-state index in [0.29, 0.717) is 24.2 Å². The lowest BCUT2D eigenvalue weighted by atomic mass is 9.93. The van der Waals surface area contributed by atoms with Crippen molar-refractivity contribution in [3.63, 3.8) is 0 Å². The number of rotatable bonds is 9. The van der Waals surface area contributed by atoms with Crippen LogP contribution >= 0.6 is 0 Å². The van der Waals surface area contributed by atoms with Crippen LogP contribution in [-0.2, 0) is 6.42 Å². The molecule has 0 spiro atoms. The number of nitrogen functional groups attached to an aromatic ring is 1. The van der Waals surface area contributed by atoms with Crippen LogP contribution in [0.15, 0.2) is 59.5 Å². The summed E-state index contributed by atoms with van der Waals surface area (Å²) in [6.07, 6.45) is 8.37. The van der Waals surface area contributed by atoms with Crippen molar-refractivity contribution < 1.29 is 9.63 Å². The second-order valence-electron chi connectivity index (χ2n) is 9.73. The topological polar surface area (TPSA) is 136 Å². The van der Waals surface area contributed by atoms with Crippen LogP contribution in [0.5, 0.6) is 0 Å². The van der Waals surface area contributed by atoms with Gasteiger partial charge in [-0.3, -0.25) is 0 Å². The molecule has 4 N–H and O–H groups in total. The number of nitrogens with one attached hydrogen (secondary N) is 1. The highest BCUT2D eigenvalue weighted by Gasteiger charge is 2.35. The Labute approximate surface area is 203 Å². The fourth-order valence-corrected chi connectivity index (χ4v) is 3.98. The fourth-order valence-electron chi connectivity index (χ4n) is 3.98. The van der Waals surface area contributed by atoms with Gasteiger partial charge >= 0.3 is 0 Å². The second kappa shape index (κ2) is 9.42. The zero-order valence-corrected chi connectivity index (χ0v) is 19.8. The van der Waals surface area contributed by atoms with Gasteiger partial charge in [0.15, 0.2) is 5.82 Å². The monoisotopic (exact) mass is 471 g/mol. The molecule has 0 aliphatic heterocycles. The summed E-state index contributed by atoms with van der Waals surface area (Å²) in [6, 6.07) is 12.2. The largest absolute Gasteiger partial charge is 0.389 e. The second-order valence-corrected chi connectivity index (χ2v) is 9.73. The number of anilines is 2. The zero-order chi connectivity index (χ0) is 24.4. The molecule has 9 heteroatoms. The summed E-state index contributed by atoms with van der Waals surface area (Å²) in [5.41, 5.74) is 8.74. The predicted molar refractivity (Wildman–Crippen MR) is 133 cm³/mol. The summed E-state index contributed by atoms with van der Waals surface area (Å²) in [5.74, 6) is 2.93. The van der Waals surface area contributed by atoms with E-state index in [9.17, 15) is 5.11 Å². The third kappa shape index (κ3) is 5.81. The first-order valence-electron chi connectivity index (χ1n) is 11.8. The van der Waals surface area contributed by atoms with Crippen LogP contribution < -0.4 is 11.1 Å². The molecule has 0 radical (unpaired) electrons. The Hall–Kier alpha value is -3.85. The number of benzene rings is 1. The average molecular weight is 472 g/mol. The maximum atomic E-state index is 9.86. The van der Waals surface area contributed by atoms with Gasteiger partial charge in [-0.25, -0.2) is 15.0 Å². The molecule has 3 aromatic heterocycles. The molecule has 180 valence electrons. The molecule has 1 saturated carbocycles. The minimum absolute atomic E-state index is 0.207. The van der Waals surface area contributed by atoms with Crippen LogP contribution in [0, 0.1) is 5.92 Å². The summed E-state index contributed by atoms with van der Waals surface area (Å²) in [5, 5.41) is 17.3. The fraction of sp³-hybridized carbons (Fsp3) is 0.346. The first kappa shape index (κ1) is 22.9. The number of aromatic nitrogens is 5. The quantitative estimate of drug-likeness (QED) is 0.330. The maximum Gasteiger partial charge on any atom is 0.259 e. The van der Waals surface area contributed by atoms with E-state index in [1.165, 1.54) is 18.4 Å². The van der Waals surface area contributed by atoms with Crippen LogP contribution in [0.3, 0.4) is 0 Å². The van der Waals surface area contributed by atoms with Gasteiger partial charge < -0.3 is 20.7 Å². The molecular weight excluding hydrogens is 442 g/mol. The summed E-state index contributed by atoms with van der Waals surface area (Å²) in [7, 11) is 0. The van der Waals surface area contributed by atoms with Crippen molar-refractivity contribution in [2.45, 2.75) is 44.6 Å². The van der Waals surface area contributed by atoms with Crippen molar-refractivity contribution in [1.82, 2.24) is 25.1 Å². The molecule has 1 aliphatic carbocycles. The van der Waals surface area contributed by atoms with Crippen molar-refractivity contribution >= 4 is 11.8 Å². The number of aliphatic hydroxyl groups is 1. The van der Waals surface area contributed by atoms with Gasteiger partial charge in [-0.2, -0.15) is 4.98 Å². The van der Waals surface area contributed by atoms with Crippen LogP contribution in [-0.4, -0.2) is 42.3 Å². The molecule has 0 amide bonds. The standard InChI is InChI=1S/C26H29N7O2/c1-26(2,34)15-31-22-10-9-19(12-28-22)24-32-23(33-35-24)21(18-7-8-18)11-16-3-5-17(6-4-16)20-13-29-25(27)30-14-20/h3-6,9-10,12-14,18,21,34H,7-8,11,15H2,1-2H3,(H,28,31)(H2,27,29,30). The van der Waals surface area contributed by atoms with Crippen LogP contribution in [0.25, 0.3) is 22.6 Å². The molecule has 0 saturated heterocycles. The van der Waals surface area contributed by atoms with Crippen LogP contribution in [0.1, 0.15) is 44.0 Å². The molecule has 5 rings (SSSR count). The van der Waals surface area contributed by atoms with E-state index in [1.807, 2.05) is 12.1 Å². The Morgan fingerprint density at radius 1 is 1.00 bits per heavy atom. The van der Waals surface area contributed by atoms with Gasteiger partial charge in [0.2, 0.25) is 5.95 Å². The Kier molecular flexibility index (Phi) is 6.17. The third-order valence-corrected chi connectivity index (χ3v) is 6.09. The van der Waals surface area contributed by atoms with E-state index in [1.54, 1.807) is 32.4 Å². The maximum absolute atomic E-state index is 9.86. The van der Waals surface area contributed by atoms with Gasteiger partial charge in [-0.1, -0.05) is 29.4 Å². The van der Waals surface area contributed by atoms with E-state index in [-0.39, 0.29) is 11.9 Å². The third-order valence-electron chi connectivity index (χ3n) is 6.09. The van der Waals surface area contributed by atoms with Gasteiger partial charge in [-0.15, -0.1) is 0 Å².